The van der Waals surface area contributed by atoms with Gasteiger partial charge in [-0.1, -0.05) is 18.0 Å². The minimum atomic E-state index is 0.0468. The number of nitrogens with zero attached hydrogens (tertiary/aromatic N) is 2. The second-order valence-electron chi connectivity index (χ2n) is 4.80. The fourth-order valence-electron chi connectivity index (χ4n) is 1.93. The molecule has 1 saturated carbocycles. The zero-order valence-corrected chi connectivity index (χ0v) is 10.5. The SMILES string of the molecule is N/C(=N/O)c1cc(CNCCCC2CC2)ccn1. The van der Waals surface area contributed by atoms with Gasteiger partial charge in [-0.05, 0) is 43.0 Å². The van der Waals surface area contributed by atoms with E-state index in [0.717, 1.165) is 24.6 Å². The van der Waals surface area contributed by atoms with Crippen LogP contribution in [0, 0.1) is 5.92 Å². The summed E-state index contributed by atoms with van der Waals surface area (Å²) in [6.45, 7) is 1.83. The molecule has 0 bridgehead atoms. The van der Waals surface area contributed by atoms with Gasteiger partial charge in [-0.25, -0.2) is 0 Å². The summed E-state index contributed by atoms with van der Waals surface area (Å²) in [6, 6.07) is 3.77. The molecule has 5 heteroatoms. The van der Waals surface area contributed by atoms with Crippen molar-refractivity contribution in [2.45, 2.75) is 32.2 Å². The van der Waals surface area contributed by atoms with Gasteiger partial charge in [0.25, 0.3) is 0 Å². The summed E-state index contributed by atoms with van der Waals surface area (Å²) in [4.78, 5) is 4.04. The summed E-state index contributed by atoms with van der Waals surface area (Å²) in [6.07, 6.45) is 7.11. The molecule has 1 fully saturated rings. The van der Waals surface area contributed by atoms with Crippen molar-refractivity contribution < 1.29 is 5.21 Å². The fourth-order valence-corrected chi connectivity index (χ4v) is 1.93. The molecule has 4 N–H and O–H groups in total. The number of aromatic nitrogens is 1. The first-order valence-corrected chi connectivity index (χ1v) is 6.43. The van der Waals surface area contributed by atoms with Gasteiger partial charge in [0.15, 0.2) is 5.84 Å². The van der Waals surface area contributed by atoms with Crippen molar-refractivity contribution in [3.8, 4) is 0 Å². The van der Waals surface area contributed by atoms with Crippen LogP contribution in [0.2, 0.25) is 0 Å². The Morgan fingerprint density at radius 2 is 2.39 bits per heavy atom. The number of rotatable bonds is 7. The maximum Gasteiger partial charge on any atom is 0.188 e. The lowest BCUT2D eigenvalue weighted by molar-refractivity contribution is 0.318. The molecule has 1 aromatic heterocycles. The maximum atomic E-state index is 8.59. The monoisotopic (exact) mass is 248 g/mol. The molecule has 98 valence electrons. The number of nitrogens with one attached hydrogen (secondary N) is 1. The van der Waals surface area contributed by atoms with E-state index in [2.05, 4.69) is 15.5 Å². The highest BCUT2D eigenvalue weighted by Crippen LogP contribution is 2.33. The number of hydrogen-bond acceptors (Lipinski definition) is 4. The Labute approximate surface area is 107 Å². The third-order valence-corrected chi connectivity index (χ3v) is 3.19. The largest absolute Gasteiger partial charge is 0.409 e. The number of pyridine rings is 1. The Hall–Kier alpha value is -1.62. The van der Waals surface area contributed by atoms with Crippen molar-refractivity contribution in [1.29, 1.82) is 0 Å². The normalized spacial score (nSPS) is 15.9. The van der Waals surface area contributed by atoms with E-state index in [1.54, 1.807) is 6.20 Å². The molecule has 1 aliphatic rings. The molecular weight excluding hydrogens is 228 g/mol. The number of amidine groups is 1. The molecule has 1 aliphatic carbocycles. The van der Waals surface area contributed by atoms with Crippen LogP contribution in [0.1, 0.15) is 36.9 Å². The highest BCUT2D eigenvalue weighted by atomic mass is 16.4. The highest BCUT2D eigenvalue weighted by Gasteiger charge is 2.19. The molecule has 18 heavy (non-hydrogen) atoms. The summed E-state index contributed by atoms with van der Waals surface area (Å²) < 4.78 is 0. The van der Waals surface area contributed by atoms with E-state index in [0.29, 0.717) is 5.69 Å². The summed E-state index contributed by atoms with van der Waals surface area (Å²) >= 11 is 0. The van der Waals surface area contributed by atoms with E-state index in [-0.39, 0.29) is 5.84 Å². The first kappa shape index (κ1) is 12.8. The van der Waals surface area contributed by atoms with Crippen molar-refractivity contribution in [3.63, 3.8) is 0 Å². The number of nitrogens with two attached hydrogens (primary N) is 1. The Morgan fingerprint density at radius 3 is 3.11 bits per heavy atom. The fraction of sp³-hybridized carbons (Fsp3) is 0.538. The molecule has 1 heterocycles. The van der Waals surface area contributed by atoms with Crippen molar-refractivity contribution in [2.75, 3.05) is 6.54 Å². The van der Waals surface area contributed by atoms with E-state index in [1.807, 2.05) is 12.1 Å². The van der Waals surface area contributed by atoms with Crippen LogP contribution in [0.15, 0.2) is 23.5 Å². The van der Waals surface area contributed by atoms with Crippen molar-refractivity contribution in [3.05, 3.63) is 29.6 Å². The van der Waals surface area contributed by atoms with Crippen molar-refractivity contribution in [2.24, 2.45) is 16.8 Å². The highest BCUT2D eigenvalue weighted by molar-refractivity contribution is 5.95. The zero-order valence-electron chi connectivity index (χ0n) is 10.5. The standard InChI is InChI=1S/C13H20N4O/c14-13(17-18)12-8-11(5-7-16-12)9-15-6-1-2-10-3-4-10/h5,7-8,10,15,18H,1-4,6,9H2,(H2,14,17). The van der Waals surface area contributed by atoms with Crippen LogP contribution in [-0.4, -0.2) is 22.6 Å². The van der Waals surface area contributed by atoms with Crippen LogP contribution < -0.4 is 11.1 Å². The molecule has 0 radical (unpaired) electrons. The van der Waals surface area contributed by atoms with Crippen LogP contribution in [0.3, 0.4) is 0 Å². The molecule has 0 aliphatic heterocycles. The topological polar surface area (TPSA) is 83.5 Å². The first-order chi connectivity index (χ1) is 8.79. The Morgan fingerprint density at radius 1 is 1.56 bits per heavy atom. The van der Waals surface area contributed by atoms with E-state index < -0.39 is 0 Å². The summed E-state index contributed by atoms with van der Waals surface area (Å²) in [5.74, 6) is 1.05. The lowest BCUT2D eigenvalue weighted by atomic mass is 10.2. The van der Waals surface area contributed by atoms with E-state index in [9.17, 15) is 0 Å². The molecule has 0 aromatic carbocycles. The number of hydrogen-bond donors (Lipinski definition) is 3. The van der Waals surface area contributed by atoms with Crippen LogP contribution >= 0.6 is 0 Å². The number of oxime groups is 1. The van der Waals surface area contributed by atoms with E-state index in [4.69, 9.17) is 10.9 Å². The van der Waals surface area contributed by atoms with Crippen LogP contribution in [0.4, 0.5) is 0 Å². The van der Waals surface area contributed by atoms with E-state index >= 15 is 0 Å². The van der Waals surface area contributed by atoms with Gasteiger partial charge in [0.05, 0.1) is 0 Å². The maximum absolute atomic E-state index is 8.59. The van der Waals surface area contributed by atoms with Gasteiger partial charge in [-0.3, -0.25) is 4.98 Å². The van der Waals surface area contributed by atoms with Gasteiger partial charge >= 0.3 is 0 Å². The first-order valence-electron chi connectivity index (χ1n) is 6.43. The smallest absolute Gasteiger partial charge is 0.188 e. The van der Waals surface area contributed by atoms with E-state index in [1.165, 1.54) is 25.7 Å². The summed E-state index contributed by atoms with van der Waals surface area (Å²) in [5.41, 5.74) is 7.10. The van der Waals surface area contributed by atoms with Crippen LogP contribution in [0.25, 0.3) is 0 Å². The molecule has 5 nitrogen and oxygen atoms in total. The minimum Gasteiger partial charge on any atom is -0.409 e. The van der Waals surface area contributed by atoms with Gasteiger partial charge < -0.3 is 16.3 Å². The molecule has 2 rings (SSSR count). The molecular formula is C13H20N4O. The third kappa shape index (κ3) is 4.00. The quantitative estimate of drug-likeness (QED) is 0.224. The lowest BCUT2D eigenvalue weighted by Gasteiger charge is -2.06. The van der Waals surface area contributed by atoms with Gasteiger partial charge in [0, 0.05) is 12.7 Å². The lowest BCUT2D eigenvalue weighted by Crippen LogP contribution is -2.18. The van der Waals surface area contributed by atoms with Crippen LogP contribution in [0.5, 0.6) is 0 Å². The molecule has 1 aromatic rings. The molecule has 0 saturated heterocycles. The van der Waals surface area contributed by atoms with Crippen LogP contribution in [-0.2, 0) is 6.54 Å². The molecule has 0 amide bonds. The summed E-state index contributed by atoms with van der Waals surface area (Å²) in [5, 5.41) is 14.9. The van der Waals surface area contributed by atoms with Gasteiger partial charge in [0.1, 0.15) is 5.69 Å². The van der Waals surface area contributed by atoms with Crippen molar-refractivity contribution >= 4 is 5.84 Å². The average molecular weight is 248 g/mol. The zero-order chi connectivity index (χ0) is 12.8. The Kier molecular flexibility index (Phi) is 4.52. The van der Waals surface area contributed by atoms with Crippen molar-refractivity contribution in [1.82, 2.24) is 10.3 Å². The van der Waals surface area contributed by atoms with Gasteiger partial charge in [-0.15, -0.1) is 0 Å². The van der Waals surface area contributed by atoms with Gasteiger partial charge in [-0.2, -0.15) is 0 Å². The Bertz CT molecular complexity index is 415. The molecule has 0 atom stereocenters. The second-order valence-corrected chi connectivity index (χ2v) is 4.80. The summed E-state index contributed by atoms with van der Waals surface area (Å²) in [7, 11) is 0. The third-order valence-electron chi connectivity index (χ3n) is 3.19. The molecule has 0 unspecified atom stereocenters. The second kappa shape index (κ2) is 6.35. The predicted octanol–water partition coefficient (Wildman–Crippen LogP) is 1.46. The predicted molar refractivity (Wildman–Crippen MR) is 70.4 cm³/mol. The average Bonchev–Trinajstić information content (AvgIpc) is 3.22. The van der Waals surface area contributed by atoms with Gasteiger partial charge in [0.2, 0.25) is 0 Å². The molecule has 0 spiro atoms. The minimum absolute atomic E-state index is 0.0468. The Balaban J connectivity index is 1.74.